The number of ether oxygens (including phenoxy) is 1. The highest BCUT2D eigenvalue weighted by Gasteiger charge is 2.33. The summed E-state index contributed by atoms with van der Waals surface area (Å²) < 4.78 is 44.2. The van der Waals surface area contributed by atoms with Gasteiger partial charge in [-0.1, -0.05) is 17.7 Å². The number of amides is 2. The number of nitrogens with one attached hydrogen (secondary N) is 2. The summed E-state index contributed by atoms with van der Waals surface area (Å²) in [5.74, 6) is 0.967. The average Bonchev–Trinajstić information content (AvgIpc) is 2.64. The number of anilines is 2. The Morgan fingerprint density at radius 2 is 1.55 bits per heavy atom. The average molecular weight is 423 g/mol. The van der Waals surface area contributed by atoms with Gasteiger partial charge in [0.25, 0.3) is 0 Å². The maximum Gasteiger partial charge on any atom is 0.417 e. The van der Waals surface area contributed by atoms with Crippen molar-refractivity contribution in [3.63, 3.8) is 0 Å². The molecule has 0 heterocycles. The van der Waals surface area contributed by atoms with Gasteiger partial charge in [0.1, 0.15) is 17.2 Å². The van der Waals surface area contributed by atoms with Gasteiger partial charge < -0.3 is 20.5 Å². The van der Waals surface area contributed by atoms with Crippen molar-refractivity contribution < 1.29 is 27.8 Å². The Hall–Kier alpha value is -3.39. The largest absolute Gasteiger partial charge is 0.508 e. The first-order valence-corrected chi connectivity index (χ1v) is 8.60. The number of aromatic hydroxyl groups is 1. The van der Waals surface area contributed by atoms with Crippen LogP contribution in [0.2, 0.25) is 5.02 Å². The van der Waals surface area contributed by atoms with Crippen molar-refractivity contribution in [2.24, 2.45) is 0 Å². The monoisotopic (exact) mass is 422 g/mol. The van der Waals surface area contributed by atoms with E-state index in [1.807, 2.05) is 0 Å². The molecule has 0 aliphatic heterocycles. The molecule has 3 aromatic rings. The normalized spacial score (nSPS) is 11.0. The molecule has 150 valence electrons. The second kappa shape index (κ2) is 8.32. The minimum absolute atomic E-state index is 0.0527. The van der Waals surface area contributed by atoms with Crippen LogP contribution in [-0.2, 0) is 6.18 Å². The molecule has 0 spiro atoms. The zero-order valence-electron chi connectivity index (χ0n) is 14.6. The molecule has 2 amide bonds. The van der Waals surface area contributed by atoms with Crippen molar-refractivity contribution in [3.8, 4) is 17.2 Å². The molecule has 0 aromatic heterocycles. The van der Waals surface area contributed by atoms with E-state index in [0.29, 0.717) is 17.2 Å². The molecule has 29 heavy (non-hydrogen) atoms. The zero-order valence-corrected chi connectivity index (χ0v) is 15.4. The summed E-state index contributed by atoms with van der Waals surface area (Å²) in [7, 11) is 0. The van der Waals surface area contributed by atoms with Crippen LogP contribution in [0.4, 0.5) is 29.3 Å². The minimum Gasteiger partial charge on any atom is -0.508 e. The molecule has 0 bridgehead atoms. The first kappa shape index (κ1) is 20.3. The topological polar surface area (TPSA) is 70.6 Å². The Morgan fingerprint density at radius 3 is 2.21 bits per heavy atom. The van der Waals surface area contributed by atoms with Crippen LogP contribution >= 0.6 is 11.6 Å². The van der Waals surface area contributed by atoms with Gasteiger partial charge in [0.05, 0.1) is 10.6 Å². The van der Waals surface area contributed by atoms with E-state index >= 15 is 0 Å². The van der Waals surface area contributed by atoms with Crippen LogP contribution in [0, 0.1) is 0 Å². The molecule has 0 aliphatic carbocycles. The number of alkyl halides is 3. The van der Waals surface area contributed by atoms with E-state index in [1.165, 1.54) is 18.2 Å². The number of carbonyl (C=O) groups is 1. The van der Waals surface area contributed by atoms with Crippen LogP contribution in [-0.4, -0.2) is 11.1 Å². The first-order valence-electron chi connectivity index (χ1n) is 8.22. The van der Waals surface area contributed by atoms with Crippen molar-refractivity contribution in [1.29, 1.82) is 0 Å². The van der Waals surface area contributed by atoms with Gasteiger partial charge in [0, 0.05) is 17.4 Å². The van der Waals surface area contributed by atoms with Gasteiger partial charge in [0.2, 0.25) is 0 Å². The summed E-state index contributed by atoms with van der Waals surface area (Å²) in [6.45, 7) is 0. The number of carbonyl (C=O) groups excluding carboxylic acids is 1. The standard InChI is InChI=1S/C20H14ClF3N2O3/c21-18-9-6-13(10-17(18)20(22,23)24)26-19(28)25-12-4-7-15(8-5-12)29-16-3-1-2-14(27)11-16/h1-11,27H,(H2,25,26,28). The van der Waals surface area contributed by atoms with E-state index in [-0.39, 0.29) is 11.4 Å². The fraction of sp³-hybridized carbons (Fsp3) is 0.0500. The zero-order chi connectivity index (χ0) is 21.0. The Balaban J connectivity index is 1.62. The predicted molar refractivity (Wildman–Crippen MR) is 104 cm³/mol. The van der Waals surface area contributed by atoms with E-state index in [0.717, 1.165) is 12.1 Å². The van der Waals surface area contributed by atoms with Crippen LogP contribution in [0.15, 0.2) is 66.7 Å². The van der Waals surface area contributed by atoms with Crippen molar-refractivity contribution in [2.75, 3.05) is 10.6 Å². The molecule has 0 radical (unpaired) electrons. The fourth-order valence-electron chi connectivity index (χ4n) is 2.40. The van der Waals surface area contributed by atoms with Gasteiger partial charge in [-0.05, 0) is 54.6 Å². The van der Waals surface area contributed by atoms with Crippen molar-refractivity contribution in [3.05, 3.63) is 77.3 Å². The van der Waals surface area contributed by atoms with Crippen LogP contribution in [0.3, 0.4) is 0 Å². The number of phenols is 1. The maximum absolute atomic E-state index is 12.9. The molecule has 0 atom stereocenters. The molecule has 0 saturated carbocycles. The summed E-state index contributed by atoms with van der Waals surface area (Å²) in [6, 6.07) is 14.9. The van der Waals surface area contributed by atoms with Gasteiger partial charge in [-0.15, -0.1) is 0 Å². The number of rotatable bonds is 4. The van der Waals surface area contributed by atoms with E-state index in [1.54, 1.807) is 36.4 Å². The highest BCUT2D eigenvalue weighted by atomic mass is 35.5. The smallest absolute Gasteiger partial charge is 0.417 e. The van der Waals surface area contributed by atoms with Gasteiger partial charge in [-0.3, -0.25) is 0 Å². The highest BCUT2D eigenvalue weighted by Crippen LogP contribution is 2.36. The van der Waals surface area contributed by atoms with Crippen molar-refractivity contribution >= 4 is 29.0 Å². The van der Waals surface area contributed by atoms with E-state index in [4.69, 9.17) is 16.3 Å². The van der Waals surface area contributed by atoms with E-state index < -0.39 is 22.8 Å². The lowest BCUT2D eigenvalue weighted by Crippen LogP contribution is -2.19. The predicted octanol–water partition coefficient (Wildman–Crippen LogP) is 6.50. The highest BCUT2D eigenvalue weighted by molar-refractivity contribution is 6.31. The third-order valence-electron chi connectivity index (χ3n) is 3.70. The molecule has 0 unspecified atom stereocenters. The Kier molecular flexibility index (Phi) is 5.84. The van der Waals surface area contributed by atoms with Crippen LogP contribution in [0.1, 0.15) is 5.56 Å². The van der Waals surface area contributed by atoms with Gasteiger partial charge in [0.15, 0.2) is 0 Å². The number of phenolic OH excluding ortho intramolecular Hbond substituents is 1. The number of halogens is 4. The molecule has 0 saturated heterocycles. The SMILES string of the molecule is O=C(Nc1ccc(Oc2cccc(O)c2)cc1)Nc1ccc(Cl)c(C(F)(F)F)c1. The van der Waals surface area contributed by atoms with Crippen LogP contribution in [0.25, 0.3) is 0 Å². The summed E-state index contributed by atoms with van der Waals surface area (Å²) >= 11 is 5.55. The van der Waals surface area contributed by atoms with E-state index in [2.05, 4.69) is 10.6 Å². The third-order valence-corrected chi connectivity index (χ3v) is 4.02. The van der Waals surface area contributed by atoms with Crippen molar-refractivity contribution in [2.45, 2.75) is 6.18 Å². The first-order chi connectivity index (χ1) is 13.7. The van der Waals surface area contributed by atoms with Crippen LogP contribution in [0.5, 0.6) is 17.2 Å². The lowest BCUT2D eigenvalue weighted by Gasteiger charge is -2.12. The second-order valence-corrected chi connectivity index (χ2v) is 6.30. The molecule has 9 heteroatoms. The van der Waals surface area contributed by atoms with E-state index in [9.17, 15) is 23.1 Å². The second-order valence-electron chi connectivity index (χ2n) is 5.90. The molecular formula is C20H14ClF3N2O3. The van der Waals surface area contributed by atoms with Crippen molar-refractivity contribution in [1.82, 2.24) is 0 Å². The van der Waals surface area contributed by atoms with Crippen LogP contribution < -0.4 is 15.4 Å². The summed E-state index contributed by atoms with van der Waals surface area (Å²) in [5, 5.41) is 13.8. The summed E-state index contributed by atoms with van der Waals surface area (Å²) in [4.78, 5) is 12.0. The minimum atomic E-state index is -4.63. The summed E-state index contributed by atoms with van der Waals surface area (Å²) in [5.41, 5.74) is -0.691. The van der Waals surface area contributed by atoms with Gasteiger partial charge >= 0.3 is 12.2 Å². The quantitative estimate of drug-likeness (QED) is 0.449. The number of urea groups is 1. The lowest BCUT2D eigenvalue weighted by molar-refractivity contribution is -0.137. The molecular weight excluding hydrogens is 409 g/mol. The number of hydrogen-bond donors (Lipinski definition) is 3. The molecule has 3 N–H and O–H groups in total. The molecule has 0 aliphatic rings. The fourth-order valence-corrected chi connectivity index (χ4v) is 2.63. The maximum atomic E-state index is 12.9. The third kappa shape index (κ3) is 5.55. The Labute approximate surface area is 168 Å². The van der Waals surface area contributed by atoms with Gasteiger partial charge in [-0.2, -0.15) is 13.2 Å². The van der Waals surface area contributed by atoms with Gasteiger partial charge in [-0.25, -0.2) is 4.79 Å². The molecule has 3 aromatic carbocycles. The Morgan fingerprint density at radius 1 is 0.897 bits per heavy atom. The number of hydrogen-bond acceptors (Lipinski definition) is 3. The number of benzene rings is 3. The molecule has 5 nitrogen and oxygen atoms in total. The molecule has 3 rings (SSSR count). The summed E-state index contributed by atoms with van der Waals surface area (Å²) in [6.07, 6.45) is -4.63. The Bertz CT molecular complexity index is 1020. The lowest BCUT2D eigenvalue weighted by atomic mass is 10.2. The molecule has 0 fully saturated rings.